The third kappa shape index (κ3) is 4.12. The van der Waals surface area contributed by atoms with Crippen molar-refractivity contribution in [3.8, 4) is 5.75 Å². The number of carbonyl (C=O) groups excluding carboxylic acids is 2. The van der Waals surface area contributed by atoms with Crippen LogP contribution >= 0.6 is 11.6 Å². The Hall–Kier alpha value is -3.57. The minimum absolute atomic E-state index is 0.0922. The maximum absolute atomic E-state index is 13.5. The Labute approximate surface area is 192 Å². The SMILES string of the molecule is COc1cccc(NC2=C(c3ccc(C)c(C)c3)C(=O)N(Cc3ccccc3Cl)C2=O)c1. The van der Waals surface area contributed by atoms with Crippen molar-refractivity contribution in [3.63, 3.8) is 0 Å². The van der Waals surface area contributed by atoms with Crippen molar-refractivity contribution < 1.29 is 14.3 Å². The second-order valence-corrected chi connectivity index (χ2v) is 8.10. The van der Waals surface area contributed by atoms with Crippen LogP contribution in [0.15, 0.2) is 72.4 Å². The fourth-order valence-corrected chi connectivity index (χ4v) is 3.84. The van der Waals surface area contributed by atoms with Crippen LogP contribution in [0.1, 0.15) is 22.3 Å². The van der Waals surface area contributed by atoms with E-state index < -0.39 is 5.91 Å². The van der Waals surface area contributed by atoms with Gasteiger partial charge in [0.2, 0.25) is 0 Å². The second kappa shape index (κ2) is 8.89. The molecule has 0 saturated heterocycles. The van der Waals surface area contributed by atoms with E-state index >= 15 is 0 Å². The quantitative estimate of drug-likeness (QED) is 0.518. The molecule has 2 amide bonds. The molecule has 0 atom stereocenters. The number of amides is 2. The summed E-state index contributed by atoms with van der Waals surface area (Å²) in [5, 5.41) is 3.67. The number of aryl methyl sites for hydroxylation is 2. The van der Waals surface area contributed by atoms with Crippen molar-refractivity contribution in [2.45, 2.75) is 20.4 Å². The highest BCUT2D eigenvalue weighted by molar-refractivity contribution is 6.36. The normalized spacial score (nSPS) is 13.7. The predicted molar refractivity (Wildman–Crippen MR) is 126 cm³/mol. The molecule has 0 aliphatic carbocycles. The zero-order valence-electron chi connectivity index (χ0n) is 18.1. The van der Waals surface area contributed by atoms with Crippen LogP contribution in [0.5, 0.6) is 5.75 Å². The number of hydrogen-bond acceptors (Lipinski definition) is 4. The molecule has 1 aliphatic heterocycles. The Morgan fingerprint density at radius 2 is 1.69 bits per heavy atom. The van der Waals surface area contributed by atoms with Crippen molar-refractivity contribution in [2.75, 3.05) is 12.4 Å². The Balaban J connectivity index is 1.78. The minimum Gasteiger partial charge on any atom is -0.497 e. The lowest BCUT2D eigenvalue weighted by Crippen LogP contribution is -2.32. The summed E-state index contributed by atoms with van der Waals surface area (Å²) in [7, 11) is 1.58. The van der Waals surface area contributed by atoms with Crippen LogP contribution in [-0.2, 0) is 16.1 Å². The van der Waals surface area contributed by atoms with Gasteiger partial charge in [0.25, 0.3) is 11.8 Å². The number of imide groups is 1. The highest BCUT2D eigenvalue weighted by Crippen LogP contribution is 2.33. The summed E-state index contributed by atoms with van der Waals surface area (Å²) in [6.45, 7) is 4.08. The first kappa shape index (κ1) is 21.7. The lowest BCUT2D eigenvalue weighted by Gasteiger charge is -2.16. The largest absolute Gasteiger partial charge is 0.497 e. The van der Waals surface area contributed by atoms with Crippen LogP contribution in [0.3, 0.4) is 0 Å². The third-order valence-electron chi connectivity index (χ3n) is 5.59. The van der Waals surface area contributed by atoms with Crippen molar-refractivity contribution in [1.82, 2.24) is 4.90 Å². The fraction of sp³-hybridized carbons (Fsp3) is 0.154. The fourth-order valence-electron chi connectivity index (χ4n) is 3.64. The topological polar surface area (TPSA) is 58.6 Å². The summed E-state index contributed by atoms with van der Waals surface area (Å²) in [5.41, 5.74) is 4.78. The summed E-state index contributed by atoms with van der Waals surface area (Å²) >= 11 is 6.30. The number of anilines is 1. The number of nitrogens with one attached hydrogen (secondary N) is 1. The summed E-state index contributed by atoms with van der Waals surface area (Å²) in [5.74, 6) is -0.109. The molecule has 0 aromatic heterocycles. The van der Waals surface area contributed by atoms with Crippen molar-refractivity contribution in [1.29, 1.82) is 0 Å². The van der Waals surface area contributed by atoms with Crippen LogP contribution in [0.2, 0.25) is 5.02 Å². The number of halogens is 1. The number of hydrogen-bond donors (Lipinski definition) is 1. The molecule has 162 valence electrons. The van der Waals surface area contributed by atoms with Gasteiger partial charge in [-0.15, -0.1) is 0 Å². The standard InChI is InChI=1S/C26H23ClN2O3/c1-16-11-12-18(13-17(16)2)23-24(28-20-8-6-9-21(14-20)32-3)26(31)29(25(23)30)15-19-7-4-5-10-22(19)27/h4-14,28H,15H2,1-3H3. The molecule has 4 rings (SSSR count). The monoisotopic (exact) mass is 446 g/mol. The Morgan fingerprint density at radius 1 is 0.906 bits per heavy atom. The maximum atomic E-state index is 13.5. The maximum Gasteiger partial charge on any atom is 0.278 e. The molecule has 1 aliphatic rings. The number of ether oxygens (including phenoxy) is 1. The average Bonchev–Trinajstić information content (AvgIpc) is 3.01. The highest BCUT2D eigenvalue weighted by Gasteiger charge is 2.39. The summed E-state index contributed by atoms with van der Waals surface area (Å²) < 4.78 is 5.29. The highest BCUT2D eigenvalue weighted by atomic mass is 35.5. The number of methoxy groups -OCH3 is 1. The Bertz CT molecular complexity index is 1250. The van der Waals surface area contributed by atoms with E-state index in [1.807, 2.05) is 68.4 Å². The molecule has 0 unspecified atom stereocenters. The van der Waals surface area contributed by atoms with Gasteiger partial charge >= 0.3 is 0 Å². The molecular formula is C26H23ClN2O3. The van der Waals surface area contributed by atoms with E-state index in [1.54, 1.807) is 19.2 Å². The smallest absolute Gasteiger partial charge is 0.278 e. The first-order chi connectivity index (χ1) is 15.4. The zero-order valence-corrected chi connectivity index (χ0v) is 18.9. The van der Waals surface area contributed by atoms with Gasteiger partial charge in [0.15, 0.2) is 0 Å². The van der Waals surface area contributed by atoms with Crippen LogP contribution in [0.4, 0.5) is 5.69 Å². The molecule has 6 heteroatoms. The summed E-state index contributed by atoms with van der Waals surface area (Å²) in [6.07, 6.45) is 0. The van der Waals surface area contributed by atoms with Gasteiger partial charge in [0.1, 0.15) is 11.4 Å². The molecule has 0 fully saturated rings. The van der Waals surface area contributed by atoms with Gasteiger partial charge in [-0.25, -0.2) is 0 Å². The van der Waals surface area contributed by atoms with E-state index in [9.17, 15) is 9.59 Å². The molecule has 5 nitrogen and oxygen atoms in total. The van der Waals surface area contributed by atoms with Gasteiger partial charge in [-0.05, 0) is 54.3 Å². The lowest BCUT2D eigenvalue weighted by molar-refractivity contribution is -0.137. The van der Waals surface area contributed by atoms with Crippen LogP contribution in [0, 0.1) is 13.8 Å². The Kier molecular flexibility index (Phi) is 6.01. The average molecular weight is 447 g/mol. The molecule has 1 heterocycles. The second-order valence-electron chi connectivity index (χ2n) is 7.69. The molecule has 0 radical (unpaired) electrons. The van der Waals surface area contributed by atoms with Crippen molar-refractivity contribution in [2.24, 2.45) is 0 Å². The van der Waals surface area contributed by atoms with Gasteiger partial charge in [0, 0.05) is 16.8 Å². The van der Waals surface area contributed by atoms with E-state index in [-0.39, 0.29) is 18.1 Å². The molecular weight excluding hydrogens is 424 g/mol. The molecule has 0 spiro atoms. The molecule has 1 N–H and O–H groups in total. The number of nitrogens with zero attached hydrogens (tertiary/aromatic N) is 1. The number of carbonyl (C=O) groups is 2. The van der Waals surface area contributed by atoms with E-state index in [2.05, 4.69) is 5.32 Å². The first-order valence-corrected chi connectivity index (χ1v) is 10.6. The summed E-state index contributed by atoms with van der Waals surface area (Å²) in [4.78, 5) is 28.2. The number of benzene rings is 3. The van der Waals surface area contributed by atoms with Gasteiger partial charge in [0.05, 0.1) is 19.2 Å². The third-order valence-corrected chi connectivity index (χ3v) is 5.96. The molecule has 32 heavy (non-hydrogen) atoms. The summed E-state index contributed by atoms with van der Waals surface area (Å²) in [6, 6.07) is 20.2. The van der Waals surface area contributed by atoms with Crippen molar-refractivity contribution in [3.05, 3.63) is 99.7 Å². The van der Waals surface area contributed by atoms with E-state index in [1.165, 1.54) is 4.90 Å². The predicted octanol–water partition coefficient (Wildman–Crippen LogP) is 5.36. The molecule has 3 aromatic rings. The minimum atomic E-state index is -0.397. The van der Waals surface area contributed by atoms with Crippen LogP contribution in [0.25, 0.3) is 5.57 Å². The molecule has 0 bridgehead atoms. The first-order valence-electron chi connectivity index (χ1n) is 10.2. The zero-order chi connectivity index (χ0) is 22.8. The van der Waals surface area contributed by atoms with Crippen LogP contribution < -0.4 is 10.1 Å². The van der Waals surface area contributed by atoms with Gasteiger partial charge in [-0.3, -0.25) is 14.5 Å². The molecule has 0 saturated carbocycles. The van der Waals surface area contributed by atoms with Gasteiger partial charge in [-0.1, -0.05) is 54.1 Å². The van der Waals surface area contributed by atoms with Gasteiger partial charge in [-0.2, -0.15) is 0 Å². The van der Waals surface area contributed by atoms with E-state index in [0.717, 1.165) is 11.1 Å². The number of rotatable bonds is 6. The Morgan fingerprint density at radius 3 is 2.41 bits per heavy atom. The lowest BCUT2D eigenvalue weighted by atomic mass is 9.99. The van der Waals surface area contributed by atoms with E-state index in [0.29, 0.717) is 33.2 Å². The van der Waals surface area contributed by atoms with Crippen LogP contribution in [-0.4, -0.2) is 23.8 Å². The van der Waals surface area contributed by atoms with Crippen molar-refractivity contribution >= 4 is 34.7 Å². The van der Waals surface area contributed by atoms with E-state index in [4.69, 9.17) is 16.3 Å². The molecule has 3 aromatic carbocycles. The van der Waals surface area contributed by atoms with Gasteiger partial charge < -0.3 is 10.1 Å².